The maximum absolute atomic E-state index is 11.6. The van der Waals surface area contributed by atoms with Gasteiger partial charge in [-0.15, -0.1) is 0 Å². The molecule has 4 heteroatoms. The molecule has 1 rings (SSSR count). The van der Waals surface area contributed by atoms with Crippen LogP contribution < -0.4 is 0 Å². The highest BCUT2D eigenvalue weighted by Gasteiger charge is 2.24. The van der Waals surface area contributed by atoms with Crippen LogP contribution in [-0.4, -0.2) is 42.4 Å². The second-order valence-electron chi connectivity index (χ2n) is 3.94. The molecule has 1 aliphatic heterocycles. The highest BCUT2D eigenvalue weighted by Crippen LogP contribution is 2.14. The fourth-order valence-corrected chi connectivity index (χ4v) is 1.86. The summed E-state index contributed by atoms with van der Waals surface area (Å²) in [6.07, 6.45) is 2.16. The lowest BCUT2D eigenvalue weighted by molar-refractivity contribution is -0.138. The summed E-state index contributed by atoms with van der Waals surface area (Å²) in [5.41, 5.74) is 0. The van der Waals surface area contributed by atoms with Crippen molar-refractivity contribution in [3.63, 3.8) is 0 Å². The van der Waals surface area contributed by atoms with Gasteiger partial charge in [0.1, 0.15) is 5.78 Å². The standard InChI is InChI=1S/C11H19NO3/c1-3-15-10-5-4-6-12(8-10)11(14)7-9(2)13/h10H,3-8H2,1-2H3. The van der Waals surface area contributed by atoms with Crippen LogP contribution in [-0.2, 0) is 14.3 Å². The lowest BCUT2D eigenvalue weighted by atomic mass is 10.1. The number of amides is 1. The van der Waals surface area contributed by atoms with Crippen molar-refractivity contribution in [2.24, 2.45) is 0 Å². The molecular weight excluding hydrogens is 194 g/mol. The van der Waals surface area contributed by atoms with Gasteiger partial charge in [-0.1, -0.05) is 0 Å². The molecular formula is C11H19NO3. The molecule has 1 amide bonds. The topological polar surface area (TPSA) is 46.6 Å². The first kappa shape index (κ1) is 12.2. The minimum atomic E-state index is -0.0708. The average molecular weight is 213 g/mol. The van der Waals surface area contributed by atoms with Crippen LogP contribution in [0.1, 0.15) is 33.1 Å². The molecule has 0 aromatic heterocycles. The molecule has 1 heterocycles. The highest BCUT2D eigenvalue weighted by molar-refractivity contribution is 5.96. The van der Waals surface area contributed by atoms with Crippen LogP contribution >= 0.6 is 0 Å². The molecule has 1 unspecified atom stereocenters. The molecule has 1 atom stereocenters. The Morgan fingerprint density at radius 1 is 1.47 bits per heavy atom. The predicted molar refractivity (Wildman–Crippen MR) is 56.5 cm³/mol. The van der Waals surface area contributed by atoms with Crippen molar-refractivity contribution >= 4 is 11.7 Å². The SMILES string of the molecule is CCOC1CCCN(C(=O)CC(C)=O)C1. The Balaban J connectivity index is 2.41. The first-order chi connectivity index (χ1) is 7.13. The van der Waals surface area contributed by atoms with Crippen LogP contribution in [0, 0.1) is 0 Å². The van der Waals surface area contributed by atoms with E-state index in [1.165, 1.54) is 6.92 Å². The molecule has 1 aliphatic rings. The molecule has 0 N–H and O–H groups in total. The van der Waals surface area contributed by atoms with Gasteiger partial charge >= 0.3 is 0 Å². The number of hydrogen-bond acceptors (Lipinski definition) is 3. The third-order valence-electron chi connectivity index (χ3n) is 2.53. The van der Waals surface area contributed by atoms with Gasteiger partial charge in [0.05, 0.1) is 12.5 Å². The van der Waals surface area contributed by atoms with E-state index in [2.05, 4.69) is 0 Å². The number of ether oxygens (including phenoxy) is 1. The van der Waals surface area contributed by atoms with Crippen molar-refractivity contribution in [3.8, 4) is 0 Å². The van der Waals surface area contributed by atoms with Gasteiger partial charge in [-0.25, -0.2) is 0 Å². The van der Waals surface area contributed by atoms with E-state index in [4.69, 9.17) is 4.74 Å². The Bertz CT molecular complexity index is 238. The number of Topliss-reactive ketones (excluding diaryl/α,β-unsaturated/α-hetero) is 1. The molecule has 0 bridgehead atoms. The van der Waals surface area contributed by atoms with Gasteiger partial charge in [-0.2, -0.15) is 0 Å². The van der Waals surface area contributed by atoms with Crippen LogP contribution in [0.4, 0.5) is 0 Å². The number of piperidine rings is 1. The van der Waals surface area contributed by atoms with Crippen LogP contribution in [0.5, 0.6) is 0 Å². The number of likely N-dealkylation sites (tertiary alicyclic amines) is 1. The van der Waals surface area contributed by atoms with E-state index in [0.717, 1.165) is 19.4 Å². The van der Waals surface area contributed by atoms with Gasteiger partial charge in [0.25, 0.3) is 0 Å². The highest BCUT2D eigenvalue weighted by atomic mass is 16.5. The van der Waals surface area contributed by atoms with Crippen molar-refractivity contribution < 1.29 is 14.3 Å². The van der Waals surface area contributed by atoms with Crippen LogP contribution in [0.25, 0.3) is 0 Å². The van der Waals surface area contributed by atoms with Gasteiger partial charge in [-0.05, 0) is 26.7 Å². The lowest BCUT2D eigenvalue weighted by Crippen LogP contribution is -2.43. The lowest BCUT2D eigenvalue weighted by Gasteiger charge is -2.32. The predicted octanol–water partition coefficient (Wildman–Crippen LogP) is 0.993. The van der Waals surface area contributed by atoms with Crippen molar-refractivity contribution in [1.29, 1.82) is 0 Å². The molecule has 0 aliphatic carbocycles. The van der Waals surface area contributed by atoms with Crippen molar-refractivity contribution in [1.82, 2.24) is 4.90 Å². The molecule has 1 fully saturated rings. The Kier molecular flexibility index (Phi) is 4.75. The van der Waals surface area contributed by atoms with E-state index in [1.807, 2.05) is 6.92 Å². The summed E-state index contributed by atoms with van der Waals surface area (Å²) in [5, 5.41) is 0. The second kappa shape index (κ2) is 5.85. The number of carbonyl (C=O) groups excluding carboxylic acids is 2. The summed E-state index contributed by atoms with van der Waals surface area (Å²) in [6, 6.07) is 0. The summed E-state index contributed by atoms with van der Waals surface area (Å²) in [5.74, 6) is -0.134. The quantitative estimate of drug-likeness (QED) is 0.654. The molecule has 0 aromatic carbocycles. The summed E-state index contributed by atoms with van der Waals surface area (Å²) in [7, 11) is 0. The molecule has 15 heavy (non-hydrogen) atoms. The number of rotatable bonds is 4. The van der Waals surface area contributed by atoms with Crippen LogP contribution in [0.15, 0.2) is 0 Å². The maximum atomic E-state index is 11.6. The molecule has 1 saturated heterocycles. The summed E-state index contributed by atoms with van der Waals surface area (Å²) in [6.45, 7) is 5.48. The Morgan fingerprint density at radius 3 is 2.80 bits per heavy atom. The Hall–Kier alpha value is -0.900. The number of nitrogens with zero attached hydrogens (tertiary/aromatic N) is 1. The molecule has 0 saturated carbocycles. The fraction of sp³-hybridized carbons (Fsp3) is 0.818. The summed E-state index contributed by atoms with van der Waals surface area (Å²) >= 11 is 0. The fourth-order valence-electron chi connectivity index (χ4n) is 1.86. The Morgan fingerprint density at radius 2 is 2.20 bits per heavy atom. The minimum absolute atomic E-state index is 0.0266. The molecule has 0 spiro atoms. The molecule has 4 nitrogen and oxygen atoms in total. The third-order valence-corrected chi connectivity index (χ3v) is 2.53. The van der Waals surface area contributed by atoms with E-state index in [0.29, 0.717) is 13.2 Å². The van der Waals surface area contributed by atoms with Crippen LogP contribution in [0.2, 0.25) is 0 Å². The van der Waals surface area contributed by atoms with Crippen molar-refractivity contribution in [3.05, 3.63) is 0 Å². The molecule has 0 aromatic rings. The van der Waals surface area contributed by atoms with Gasteiger partial charge in [0.2, 0.25) is 5.91 Å². The normalized spacial score (nSPS) is 21.5. The zero-order valence-corrected chi connectivity index (χ0v) is 9.49. The number of hydrogen-bond donors (Lipinski definition) is 0. The molecule has 0 radical (unpaired) electrons. The maximum Gasteiger partial charge on any atom is 0.230 e. The van der Waals surface area contributed by atoms with E-state index >= 15 is 0 Å². The first-order valence-corrected chi connectivity index (χ1v) is 5.52. The van der Waals surface area contributed by atoms with Crippen molar-refractivity contribution in [2.75, 3.05) is 19.7 Å². The van der Waals surface area contributed by atoms with Gasteiger partial charge < -0.3 is 9.64 Å². The van der Waals surface area contributed by atoms with E-state index < -0.39 is 0 Å². The van der Waals surface area contributed by atoms with E-state index in [1.54, 1.807) is 4.90 Å². The monoisotopic (exact) mass is 213 g/mol. The number of carbonyl (C=O) groups is 2. The first-order valence-electron chi connectivity index (χ1n) is 5.52. The van der Waals surface area contributed by atoms with Gasteiger partial charge in [-0.3, -0.25) is 9.59 Å². The zero-order valence-electron chi connectivity index (χ0n) is 9.49. The average Bonchev–Trinajstić information content (AvgIpc) is 2.17. The number of ketones is 1. The second-order valence-corrected chi connectivity index (χ2v) is 3.94. The largest absolute Gasteiger partial charge is 0.377 e. The Labute approximate surface area is 90.6 Å². The smallest absolute Gasteiger partial charge is 0.230 e. The van der Waals surface area contributed by atoms with Crippen molar-refractivity contribution in [2.45, 2.75) is 39.2 Å². The summed E-state index contributed by atoms with van der Waals surface area (Å²) in [4.78, 5) is 24.2. The van der Waals surface area contributed by atoms with E-state index in [9.17, 15) is 9.59 Å². The zero-order chi connectivity index (χ0) is 11.3. The summed E-state index contributed by atoms with van der Waals surface area (Å²) < 4.78 is 5.49. The van der Waals surface area contributed by atoms with E-state index in [-0.39, 0.29) is 24.2 Å². The minimum Gasteiger partial charge on any atom is -0.377 e. The third kappa shape index (κ3) is 4.00. The molecule has 86 valence electrons. The van der Waals surface area contributed by atoms with Crippen LogP contribution in [0.3, 0.4) is 0 Å². The van der Waals surface area contributed by atoms with Gasteiger partial charge in [0, 0.05) is 19.7 Å². The van der Waals surface area contributed by atoms with Gasteiger partial charge in [0.15, 0.2) is 0 Å².